The van der Waals surface area contributed by atoms with Gasteiger partial charge >= 0.3 is 5.97 Å². The maximum atomic E-state index is 11.5. The van der Waals surface area contributed by atoms with Crippen LogP contribution in [0.25, 0.3) is 0 Å². The summed E-state index contributed by atoms with van der Waals surface area (Å²) < 4.78 is 0. The number of nitrogens with one attached hydrogen (secondary N) is 2. The lowest BCUT2D eigenvalue weighted by Gasteiger charge is -2.07. The van der Waals surface area contributed by atoms with E-state index in [-0.39, 0.29) is 5.57 Å². The van der Waals surface area contributed by atoms with Crippen LogP contribution in [0.4, 0.5) is 5.13 Å². The van der Waals surface area contributed by atoms with Gasteiger partial charge in [-0.25, -0.2) is 4.98 Å². The predicted molar refractivity (Wildman–Crippen MR) is 64.7 cm³/mol. The van der Waals surface area contributed by atoms with Gasteiger partial charge in [0.15, 0.2) is 5.13 Å². The fourth-order valence-corrected chi connectivity index (χ4v) is 1.41. The molecule has 1 aromatic heterocycles. The third kappa shape index (κ3) is 3.88. The van der Waals surface area contributed by atoms with Gasteiger partial charge in [0.1, 0.15) is 17.7 Å². The molecule has 0 spiro atoms. The van der Waals surface area contributed by atoms with Crippen molar-refractivity contribution in [1.82, 2.24) is 10.3 Å². The highest BCUT2D eigenvalue weighted by molar-refractivity contribution is 7.13. The van der Waals surface area contributed by atoms with Gasteiger partial charge in [-0.05, 0) is 6.92 Å². The molecular formula is C10H10N4O3S. The lowest BCUT2D eigenvalue weighted by atomic mass is 10.2. The maximum absolute atomic E-state index is 11.5. The molecule has 1 atom stereocenters. The fraction of sp³-hybridized carbons (Fsp3) is 0.200. The standard InChI is InChI=1S/C10H10N4O3S/c1-6(9(16)17)14-8(15)7(4-11)5-13-10-12-2-3-18-10/h2-3,5-6H,1H3,(H,12,13)(H,14,15)(H,16,17)/b7-5-. The SMILES string of the molecule is CC(NC(=O)/C(C#N)=C\Nc1nccs1)C(=O)O. The number of hydrogen-bond acceptors (Lipinski definition) is 6. The Morgan fingerprint density at radius 1 is 1.67 bits per heavy atom. The summed E-state index contributed by atoms with van der Waals surface area (Å²) in [5, 5.41) is 24.5. The molecule has 8 heteroatoms. The van der Waals surface area contributed by atoms with Crippen LogP contribution in [0, 0.1) is 11.3 Å². The van der Waals surface area contributed by atoms with Gasteiger partial charge in [0.2, 0.25) is 0 Å². The van der Waals surface area contributed by atoms with Gasteiger partial charge in [-0.2, -0.15) is 5.26 Å². The topological polar surface area (TPSA) is 115 Å². The summed E-state index contributed by atoms with van der Waals surface area (Å²) in [7, 11) is 0. The van der Waals surface area contributed by atoms with E-state index in [9.17, 15) is 9.59 Å². The number of nitrogens with zero attached hydrogens (tertiary/aromatic N) is 2. The summed E-state index contributed by atoms with van der Waals surface area (Å²) in [6, 6.07) is 0.618. The number of rotatable bonds is 5. The van der Waals surface area contributed by atoms with Crippen LogP contribution >= 0.6 is 11.3 Å². The van der Waals surface area contributed by atoms with Gasteiger partial charge in [0.25, 0.3) is 5.91 Å². The average Bonchev–Trinajstić information content (AvgIpc) is 2.82. The minimum Gasteiger partial charge on any atom is -0.480 e. The first kappa shape index (κ1) is 13.7. The number of thiazole rings is 1. The van der Waals surface area contributed by atoms with Crippen LogP contribution in [-0.2, 0) is 9.59 Å². The molecule has 0 radical (unpaired) electrons. The fourth-order valence-electron chi connectivity index (χ4n) is 0.913. The van der Waals surface area contributed by atoms with E-state index in [0.717, 1.165) is 0 Å². The lowest BCUT2D eigenvalue weighted by molar-refractivity contribution is -0.140. The number of anilines is 1. The number of aliphatic carboxylic acids is 1. The van der Waals surface area contributed by atoms with Gasteiger partial charge < -0.3 is 15.7 Å². The molecule has 94 valence electrons. The van der Waals surface area contributed by atoms with Gasteiger partial charge in [-0.15, -0.1) is 11.3 Å². The van der Waals surface area contributed by atoms with E-state index in [4.69, 9.17) is 10.4 Å². The molecule has 1 unspecified atom stereocenters. The highest BCUT2D eigenvalue weighted by Gasteiger charge is 2.16. The third-order valence-corrected chi connectivity index (χ3v) is 2.56. The first-order chi connectivity index (χ1) is 8.54. The van der Waals surface area contributed by atoms with E-state index in [1.807, 2.05) is 0 Å². The Morgan fingerprint density at radius 3 is 2.89 bits per heavy atom. The van der Waals surface area contributed by atoms with E-state index in [2.05, 4.69) is 15.6 Å². The van der Waals surface area contributed by atoms with Crippen LogP contribution in [0.2, 0.25) is 0 Å². The lowest BCUT2D eigenvalue weighted by Crippen LogP contribution is -2.39. The summed E-state index contributed by atoms with van der Waals surface area (Å²) in [4.78, 5) is 26.0. The molecule has 0 aliphatic heterocycles. The molecule has 1 heterocycles. The van der Waals surface area contributed by atoms with Gasteiger partial charge in [0.05, 0.1) is 0 Å². The zero-order valence-corrected chi connectivity index (χ0v) is 10.2. The molecule has 0 saturated carbocycles. The Labute approximate surface area is 107 Å². The molecule has 1 aromatic rings. The molecule has 0 fully saturated rings. The maximum Gasteiger partial charge on any atom is 0.325 e. The van der Waals surface area contributed by atoms with Crippen LogP contribution < -0.4 is 10.6 Å². The zero-order valence-electron chi connectivity index (χ0n) is 9.38. The molecule has 0 saturated heterocycles. The smallest absolute Gasteiger partial charge is 0.325 e. The average molecular weight is 266 g/mol. The van der Waals surface area contributed by atoms with E-state index >= 15 is 0 Å². The molecule has 0 aliphatic rings. The summed E-state index contributed by atoms with van der Waals surface area (Å²) in [6.45, 7) is 1.31. The second kappa shape index (κ2) is 6.36. The Balaban J connectivity index is 2.66. The number of amides is 1. The van der Waals surface area contributed by atoms with E-state index in [1.54, 1.807) is 17.6 Å². The largest absolute Gasteiger partial charge is 0.480 e. The first-order valence-electron chi connectivity index (χ1n) is 4.84. The van der Waals surface area contributed by atoms with Crippen molar-refractivity contribution in [3.63, 3.8) is 0 Å². The number of carbonyl (C=O) groups is 2. The molecule has 1 rings (SSSR count). The highest BCUT2D eigenvalue weighted by Crippen LogP contribution is 2.10. The molecule has 3 N–H and O–H groups in total. The molecule has 7 nitrogen and oxygen atoms in total. The summed E-state index contributed by atoms with van der Waals surface area (Å²) in [6.07, 6.45) is 2.75. The third-order valence-electron chi connectivity index (χ3n) is 1.86. The van der Waals surface area contributed by atoms with Crippen molar-refractivity contribution >= 4 is 28.3 Å². The minimum atomic E-state index is -1.17. The van der Waals surface area contributed by atoms with Crippen LogP contribution in [0.15, 0.2) is 23.3 Å². The second-order valence-corrected chi connectivity index (χ2v) is 4.08. The number of hydrogen-bond donors (Lipinski definition) is 3. The summed E-state index contributed by atoms with van der Waals surface area (Å²) >= 11 is 1.30. The molecule has 0 bridgehead atoms. The minimum absolute atomic E-state index is 0.224. The number of carboxylic acid groups (broad SMARTS) is 1. The van der Waals surface area contributed by atoms with Crippen molar-refractivity contribution in [1.29, 1.82) is 5.26 Å². The number of carbonyl (C=O) groups excluding carboxylic acids is 1. The van der Waals surface area contributed by atoms with Gasteiger partial charge in [-0.1, -0.05) is 0 Å². The van der Waals surface area contributed by atoms with Crippen molar-refractivity contribution in [2.45, 2.75) is 13.0 Å². The number of nitriles is 1. The normalized spacial score (nSPS) is 12.3. The van der Waals surface area contributed by atoms with Gasteiger partial charge in [-0.3, -0.25) is 9.59 Å². The monoisotopic (exact) mass is 266 g/mol. The van der Waals surface area contributed by atoms with Crippen LogP contribution in [0.5, 0.6) is 0 Å². The zero-order chi connectivity index (χ0) is 13.5. The van der Waals surface area contributed by atoms with Gasteiger partial charge in [0, 0.05) is 17.8 Å². The first-order valence-corrected chi connectivity index (χ1v) is 5.72. The Hall–Kier alpha value is -2.40. The van der Waals surface area contributed by atoms with Crippen molar-refractivity contribution in [3.8, 4) is 6.07 Å². The summed E-state index contributed by atoms with van der Waals surface area (Å²) in [5.74, 6) is -1.93. The Bertz CT molecular complexity index is 504. The van der Waals surface area contributed by atoms with Crippen LogP contribution in [0.1, 0.15) is 6.92 Å². The summed E-state index contributed by atoms with van der Waals surface area (Å²) in [5.41, 5.74) is -0.224. The van der Waals surface area contributed by atoms with Crippen molar-refractivity contribution in [2.24, 2.45) is 0 Å². The van der Waals surface area contributed by atoms with E-state index in [1.165, 1.54) is 24.5 Å². The predicted octanol–water partition coefficient (Wildman–Crippen LogP) is 0.552. The number of aromatic nitrogens is 1. The number of carboxylic acids is 1. The van der Waals surface area contributed by atoms with Crippen molar-refractivity contribution in [2.75, 3.05) is 5.32 Å². The molecular weight excluding hydrogens is 256 g/mol. The van der Waals surface area contributed by atoms with E-state index in [0.29, 0.717) is 5.13 Å². The molecule has 0 aliphatic carbocycles. The van der Waals surface area contributed by atoms with Crippen LogP contribution in [0.3, 0.4) is 0 Å². The highest BCUT2D eigenvalue weighted by atomic mass is 32.1. The molecule has 0 aromatic carbocycles. The molecule has 1 amide bonds. The van der Waals surface area contributed by atoms with Crippen molar-refractivity contribution in [3.05, 3.63) is 23.3 Å². The van der Waals surface area contributed by atoms with Crippen molar-refractivity contribution < 1.29 is 14.7 Å². The Kier molecular flexibility index (Phi) is 4.83. The van der Waals surface area contributed by atoms with Crippen LogP contribution in [-0.4, -0.2) is 28.0 Å². The van der Waals surface area contributed by atoms with E-state index < -0.39 is 17.9 Å². The Morgan fingerprint density at radius 2 is 2.39 bits per heavy atom. The second-order valence-electron chi connectivity index (χ2n) is 3.18. The molecule has 18 heavy (non-hydrogen) atoms. The quantitative estimate of drug-likeness (QED) is 0.529.